The van der Waals surface area contributed by atoms with Gasteiger partial charge in [-0.2, -0.15) is 4.31 Å². The second-order valence-electron chi connectivity index (χ2n) is 7.91. The largest absolute Gasteiger partial charge is 0.360 e. The Morgan fingerprint density at radius 1 is 1.21 bits per heavy atom. The normalized spacial score (nSPS) is 24.4. The quantitative estimate of drug-likeness (QED) is 0.703. The molecule has 2 fully saturated rings. The molecule has 0 bridgehead atoms. The maximum atomic E-state index is 12.9. The second-order valence-corrected chi connectivity index (χ2v) is 9.79. The lowest BCUT2D eigenvalue weighted by molar-refractivity contribution is -0.133. The molecule has 0 radical (unpaired) electrons. The molecule has 2 saturated heterocycles. The van der Waals surface area contributed by atoms with E-state index in [0.717, 1.165) is 19.5 Å². The summed E-state index contributed by atoms with van der Waals surface area (Å²) in [4.78, 5) is 16.6. The fraction of sp³-hybridized carbons (Fsp3) is 0.765. The topological polar surface area (TPSA) is 113 Å². The average molecular weight is 436 g/mol. The predicted molar refractivity (Wildman–Crippen MR) is 107 cm³/mol. The number of piperazine rings is 1. The molecule has 9 nitrogen and oxygen atoms in total. The van der Waals surface area contributed by atoms with Gasteiger partial charge in [0.15, 0.2) is 5.76 Å². The summed E-state index contributed by atoms with van der Waals surface area (Å²) < 4.78 is 32.1. The van der Waals surface area contributed by atoms with E-state index in [0.29, 0.717) is 37.6 Å². The highest BCUT2D eigenvalue weighted by atomic mass is 35.5. The van der Waals surface area contributed by atoms with Crippen LogP contribution in [0.15, 0.2) is 9.42 Å². The van der Waals surface area contributed by atoms with Crippen molar-refractivity contribution in [3.63, 3.8) is 0 Å². The summed E-state index contributed by atoms with van der Waals surface area (Å²) in [6.07, 6.45) is 1.00. The zero-order chi connectivity index (χ0) is 19.8. The first kappa shape index (κ1) is 23.1. The van der Waals surface area contributed by atoms with E-state index in [1.165, 1.54) is 4.31 Å². The SMILES string of the molecule is Cc1noc(C)c1S(=O)(=O)N1CCN(C(=O)CN2CCC(C)(CN)C2)CC1.Cl. The summed E-state index contributed by atoms with van der Waals surface area (Å²) in [5.41, 5.74) is 6.27. The van der Waals surface area contributed by atoms with Gasteiger partial charge < -0.3 is 15.2 Å². The predicted octanol–water partition coefficient (Wildman–Crippen LogP) is 0.217. The zero-order valence-corrected chi connectivity index (χ0v) is 18.3. The number of nitrogens with two attached hydrogens (primary N) is 1. The van der Waals surface area contributed by atoms with Crippen molar-refractivity contribution < 1.29 is 17.7 Å². The van der Waals surface area contributed by atoms with Crippen molar-refractivity contribution >= 4 is 28.3 Å². The lowest BCUT2D eigenvalue weighted by Gasteiger charge is -2.34. The van der Waals surface area contributed by atoms with Crippen molar-refractivity contribution in [1.29, 1.82) is 0 Å². The van der Waals surface area contributed by atoms with E-state index in [-0.39, 0.29) is 41.7 Å². The molecule has 3 rings (SSSR count). The van der Waals surface area contributed by atoms with Crippen LogP contribution in [0.4, 0.5) is 0 Å². The van der Waals surface area contributed by atoms with E-state index < -0.39 is 10.0 Å². The average Bonchev–Trinajstić information content (AvgIpc) is 3.18. The molecule has 1 atom stereocenters. The van der Waals surface area contributed by atoms with Crippen LogP contribution in [0.1, 0.15) is 24.8 Å². The van der Waals surface area contributed by atoms with Crippen LogP contribution in [-0.4, -0.2) is 85.9 Å². The third-order valence-electron chi connectivity index (χ3n) is 5.65. The number of hydrogen-bond donors (Lipinski definition) is 1. The fourth-order valence-corrected chi connectivity index (χ4v) is 5.58. The van der Waals surface area contributed by atoms with Crippen LogP contribution in [0.2, 0.25) is 0 Å². The van der Waals surface area contributed by atoms with Crippen molar-refractivity contribution in [3.8, 4) is 0 Å². The third kappa shape index (κ3) is 4.51. The smallest absolute Gasteiger partial charge is 0.248 e. The Morgan fingerprint density at radius 2 is 1.86 bits per heavy atom. The van der Waals surface area contributed by atoms with E-state index >= 15 is 0 Å². The van der Waals surface area contributed by atoms with Crippen LogP contribution in [0.25, 0.3) is 0 Å². The number of carbonyl (C=O) groups excluding carboxylic acids is 1. The molecule has 1 aromatic rings. The van der Waals surface area contributed by atoms with Gasteiger partial charge in [-0.3, -0.25) is 9.69 Å². The highest BCUT2D eigenvalue weighted by Gasteiger charge is 2.36. The molecule has 160 valence electrons. The summed E-state index contributed by atoms with van der Waals surface area (Å²) in [6, 6.07) is 0. The molecule has 11 heteroatoms. The lowest BCUT2D eigenvalue weighted by Crippen LogP contribution is -2.52. The summed E-state index contributed by atoms with van der Waals surface area (Å²) in [5.74, 6) is 0.341. The first-order valence-electron chi connectivity index (χ1n) is 9.29. The molecule has 2 N–H and O–H groups in total. The number of rotatable bonds is 5. The van der Waals surface area contributed by atoms with Gasteiger partial charge in [-0.05, 0) is 38.8 Å². The molecule has 0 aliphatic carbocycles. The number of halogens is 1. The van der Waals surface area contributed by atoms with Crippen LogP contribution >= 0.6 is 12.4 Å². The van der Waals surface area contributed by atoms with Gasteiger partial charge in [-0.15, -0.1) is 12.4 Å². The first-order chi connectivity index (χ1) is 12.7. The Hall–Kier alpha value is -1.20. The molecule has 2 aliphatic heterocycles. The maximum Gasteiger partial charge on any atom is 0.248 e. The van der Waals surface area contributed by atoms with Crippen LogP contribution in [0, 0.1) is 19.3 Å². The number of likely N-dealkylation sites (tertiary alicyclic amines) is 1. The van der Waals surface area contributed by atoms with Gasteiger partial charge in [0.25, 0.3) is 0 Å². The van der Waals surface area contributed by atoms with Crippen molar-refractivity contribution in [3.05, 3.63) is 11.5 Å². The number of aryl methyl sites for hydroxylation is 2. The summed E-state index contributed by atoms with van der Waals surface area (Å²) >= 11 is 0. The molecule has 1 unspecified atom stereocenters. The number of sulfonamides is 1. The van der Waals surface area contributed by atoms with Gasteiger partial charge in [0.2, 0.25) is 15.9 Å². The van der Waals surface area contributed by atoms with E-state index in [9.17, 15) is 13.2 Å². The number of amides is 1. The second kappa shape index (κ2) is 8.66. The molecule has 0 spiro atoms. The summed E-state index contributed by atoms with van der Waals surface area (Å²) in [6.45, 7) is 9.39. The van der Waals surface area contributed by atoms with E-state index in [4.69, 9.17) is 10.3 Å². The summed E-state index contributed by atoms with van der Waals surface area (Å²) in [7, 11) is -3.66. The van der Waals surface area contributed by atoms with Crippen molar-refractivity contribution in [2.45, 2.75) is 32.1 Å². The number of nitrogens with zero attached hydrogens (tertiary/aromatic N) is 4. The molecular weight excluding hydrogens is 406 g/mol. The standard InChI is InChI=1S/C17H29N5O4S.ClH/c1-13-16(14(2)26-19-13)27(24,25)22-8-6-21(7-9-22)15(23)10-20-5-4-17(3,11-18)12-20;/h4-12,18H2,1-3H3;1H. The van der Waals surface area contributed by atoms with Gasteiger partial charge in [-0.25, -0.2) is 8.42 Å². The lowest BCUT2D eigenvalue weighted by atomic mass is 9.90. The van der Waals surface area contributed by atoms with Crippen molar-refractivity contribution in [2.75, 3.05) is 52.4 Å². The highest BCUT2D eigenvalue weighted by molar-refractivity contribution is 7.89. The van der Waals surface area contributed by atoms with Gasteiger partial charge >= 0.3 is 0 Å². The Kier molecular flexibility index (Phi) is 7.14. The number of aromatic nitrogens is 1. The van der Waals surface area contributed by atoms with Crippen LogP contribution < -0.4 is 5.73 Å². The maximum absolute atomic E-state index is 12.9. The third-order valence-corrected chi connectivity index (χ3v) is 7.79. The Morgan fingerprint density at radius 3 is 2.36 bits per heavy atom. The minimum atomic E-state index is -3.66. The monoisotopic (exact) mass is 435 g/mol. The first-order valence-corrected chi connectivity index (χ1v) is 10.7. The minimum Gasteiger partial charge on any atom is -0.360 e. The Labute approximate surface area is 172 Å². The van der Waals surface area contributed by atoms with Gasteiger partial charge in [0, 0.05) is 32.7 Å². The van der Waals surface area contributed by atoms with E-state index in [1.54, 1.807) is 18.7 Å². The molecule has 3 heterocycles. The van der Waals surface area contributed by atoms with Gasteiger partial charge in [-0.1, -0.05) is 12.1 Å². The van der Waals surface area contributed by atoms with Crippen LogP contribution in [-0.2, 0) is 14.8 Å². The zero-order valence-electron chi connectivity index (χ0n) is 16.7. The van der Waals surface area contributed by atoms with Crippen molar-refractivity contribution in [2.24, 2.45) is 11.1 Å². The molecule has 1 aromatic heterocycles. The Bertz CT molecular complexity index is 787. The Balaban J connectivity index is 0.00000280. The van der Waals surface area contributed by atoms with Crippen LogP contribution in [0.3, 0.4) is 0 Å². The fourth-order valence-electron chi connectivity index (χ4n) is 3.87. The highest BCUT2D eigenvalue weighted by Crippen LogP contribution is 2.28. The number of hydrogen-bond acceptors (Lipinski definition) is 7. The minimum absolute atomic E-state index is 0. The molecule has 28 heavy (non-hydrogen) atoms. The molecular formula is C17H30ClN5O4S. The van der Waals surface area contributed by atoms with Gasteiger partial charge in [0.05, 0.1) is 6.54 Å². The molecule has 2 aliphatic rings. The summed E-state index contributed by atoms with van der Waals surface area (Å²) in [5, 5.41) is 3.74. The van der Waals surface area contributed by atoms with Gasteiger partial charge in [0.1, 0.15) is 10.6 Å². The molecule has 0 aromatic carbocycles. The van der Waals surface area contributed by atoms with E-state index in [1.807, 2.05) is 0 Å². The molecule has 1 amide bonds. The molecule has 0 saturated carbocycles. The van der Waals surface area contributed by atoms with Crippen LogP contribution in [0.5, 0.6) is 0 Å². The number of carbonyl (C=O) groups is 1. The van der Waals surface area contributed by atoms with E-state index in [2.05, 4.69) is 17.0 Å². The van der Waals surface area contributed by atoms with Crippen molar-refractivity contribution in [1.82, 2.24) is 19.3 Å².